The lowest BCUT2D eigenvalue weighted by Gasteiger charge is -2.18. The Balaban J connectivity index is 1.52. The molecule has 0 saturated carbocycles. The number of hydrogen-bond donors (Lipinski definition) is 2. The number of nitrogens with one attached hydrogen (secondary N) is 2. The van der Waals surface area contributed by atoms with Crippen molar-refractivity contribution in [2.24, 2.45) is 0 Å². The normalized spacial score (nSPS) is 12.5. The van der Waals surface area contributed by atoms with E-state index in [1.54, 1.807) is 11.3 Å². The first-order valence-corrected chi connectivity index (χ1v) is 11.1. The Labute approximate surface area is 189 Å². The third-order valence-corrected chi connectivity index (χ3v) is 5.99. The number of anilines is 3. The van der Waals surface area contributed by atoms with Crippen LogP contribution in [0.5, 0.6) is 11.5 Å². The fourth-order valence-electron chi connectivity index (χ4n) is 3.51. The van der Waals surface area contributed by atoms with Crippen LogP contribution in [0.2, 0.25) is 0 Å². The average molecular weight is 444 g/mol. The number of carbonyl (C=O) groups excluding carboxylic acids is 1. The molecule has 0 bridgehead atoms. The highest BCUT2D eigenvalue weighted by molar-refractivity contribution is 7.19. The molecule has 2 heterocycles. The minimum absolute atomic E-state index is 0.0362. The van der Waals surface area contributed by atoms with E-state index in [1.807, 2.05) is 67.6 Å². The van der Waals surface area contributed by atoms with Crippen molar-refractivity contribution in [3.8, 4) is 33.2 Å². The fraction of sp³-hybridized carbons (Fsp3) is 0.120. The van der Waals surface area contributed by atoms with Crippen LogP contribution in [0.25, 0.3) is 21.7 Å². The number of fused-ring (bicyclic) bond motifs is 1. The summed E-state index contributed by atoms with van der Waals surface area (Å²) >= 11 is 1.58. The van der Waals surface area contributed by atoms with Crippen LogP contribution in [0.3, 0.4) is 0 Å². The van der Waals surface area contributed by atoms with Crippen molar-refractivity contribution in [2.45, 2.75) is 6.92 Å². The van der Waals surface area contributed by atoms with Gasteiger partial charge in [0.15, 0.2) is 11.7 Å². The summed E-state index contributed by atoms with van der Waals surface area (Å²) in [4.78, 5) is 17.7. The summed E-state index contributed by atoms with van der Waals surface area (Å²) in [5, 5.41) is 7.05. The molecule has 0 unspecified atom stereocenters. The molecule has 6 nitrogen and oxygen atoms in total. The van der Waals surface area contributed by atoms with Gasteiger partial charge in [-0.3, -0.25) is 4.79 Å². The second kappa shape index (κ2) is 8.72. The molecule has 32 heavy (non-hydrogen) atoms. The molecule has 1 aromatic heterocycles. The number of thiazole rings is 1. The first kappa shape index (κ1) is 20.1. The molecule has 1 aliphatic heterocycles. The molecule has 5 rings (SSSR count). The van der Waals surface area contributed by atoms with Crippen LogP contribution in [0.15, 0.2) is 72.8 Å². The van der Waals surface area contributed by atoms with E-state index in [0.717, 1.165) is 38.3 Å². The maximum absolute atomic E-state index is 11.8. The molecule has 3 aromatic carbocycles. The SMILES string of the molecule is CCOc1ccc(Nc2nc(-c3ccc4c(c3)NC(=O)CO4)c(-c3ccccc3)s2)cc1. The summed E-state index contributed by atoms with van der Waals surface area (Å²) in [5.74, 6) is 1.34. The summed E-state index contributed by atoms with van der Waals surface area (Å²) in [7, 11) is 0. The molecule has 7 heteroatoms. The first-order valence-electron chi connectivity index (χ1n) is 10.3. The van der Waals surface area contributed by atoms with Gasteiger partial charge >= 0.3 is 0 Å². The van der Waals surface area contributed by atoms with Gasteiger partial charge in [-0.05, 0) is 55.0 Å². The van der Waals surface area contributed by atoms with Crippen molar-refractivity contribution >= 4 is 33.8 Å². The zero-order chi connectivity index (χ0) is 21.9. The molecule has 0 aliphatic carbocycles. The zero-order valence-electron chi connectivity index (χ0n) is 17.4. The van der Waals surface area contributed by atoms with E-state index in [4.69, 9.17) is 14.5 Å². The van der Waals surface area contributed by atoms with Gasteiger partial charge in [-0.1, -0.05) is 41.7 Å². The van der Waals surface area contributed by atoms with Gasteiger partial charge in [-0.15, -0.1) is 0 Å². The van der Waals surface area contributed by atoms with Gasteiger partial charge in [-0.2, -0.15) is 0 Å². The Hall–Kier alpha value is -3.84. The number of amides is 1. The third-order valence-electron chi connectivity index (χ3n) is 4.97. The van der Waals surface area contributed by atoms with Crippen molar-refractivity contribution in [2.75, 3.05) is 23.8 Å². The van der Waals surface area contributed by atoms with Crippen LogP contribution < -0.4 is 20.1 Å². The first-order chi connectivity index (χ1) is 15.7. The standard InChI is InChI=1S/C25H21N3O3S/c1-2-30-19-11-9-18(10-12-19)26-25-28-23(24(32-25)16-6-4-3-5-7-16)17-8-13-21-20(14-17)27-22(29)15-31-21/h3-14H,2,15H2,1H3,(H,26,28)(H,27,29). The zero-order valence-corrected chi connectivity index (χ0v) is 18.2. The largest absolute Gasteiger partial charge is 0.494 e. The molecule has 0 atom stereocenters. The number of ether oxygens (including phenoxy) is 2. The van der Waals surface area contributed by atoms with Crippen LogP contribution in [-0.4, -0.2) is 24.1 Å². The monoisotopic (exact) mass is 443 g/mol. The topological polar surface area (TPSA) is 72.5 Å². The summed E-state index contributed by atoms with van der Waals surface area (Å²) < 4.78 is 11.0. The van der Waals surface area contributed by atoms with Crippen molar-refractivity contribution in [3.05, 3.63) is 72.8 Å². The molecule has 0 fully saturated rings. The van der Waals surface area contributed by atoms with Crippen molar-refractivity contribution in [3.63, 3.8) is 0 Å². The molecule has 160 valence electrons. The number of nitrogens with zero attached hydrogens (tertiary/aromatic N) is 1. The van der Waals surface area contributed by atoms with E-state index in [-0.39, 0.29) is 12.5 Å². The minimum atomic E-state index is -0.158. The Morgan fingerprint density at radius 3 is 2.66 bits per heavy atom. The van der Waals surface area contributed by atoms with E-state index in [9.17, 15) is 4.79 Å². The third kappa shape index (κ3) is 4.15. The van der Waals surface area contributed by atoms with Gasteiger partial charge in [0.2, 0.25) is 0 Å². The van der Waals surface area contributed by atoms with Gasteiger partial charge in [0.05, 0.1) is 22.9 Å². The lowest BCUT2D eigenvalue weighted by Crippen LogP contribution is -2.25. The molecule has 4 aromatic rings. The van der Waals surface area contributed by atoms with Crippen LogP contribution >= 0.6 is 11.3 Å². The number of benzene rings is 3. The van der Waals surface area contributed by atoms with Gasteiger partial charge in [-0.25, -0.2) is 4.98 Å². The van der Waals surface area contributed by atoms with Gasteiger partial charge < -0.3 is 20.1 Å². The molecule has 1 aliphatic rings. The quantitative estimate of drug-likeness (QED) is 0.385. The summed E-state index contributed by atoms with van der Waals surface area (Å²) in [6, 6.07) is 23.7. The summed E-state index contributed by atoms with van der Waals surface area (Å²) in [6.45, 7) is 2.64. The number of carbonyl (C=O) groups is 1. The molecular formula is C25H21N3O3S. The van der Waals surface area contributed by atoms with E-state index >= 15 is 0 Å². The van der Waals surface area contributed by atoms with E-state index in [2.05, 4.69) is 22.8 Å². The Kier molecular flexibility index (Phi) is 5.47. The molecule has 2 N–H and O–H groups in total. The Bertz CT molecular complexity index is 1250. The second-order valence-corrected chi connectivity index (χ2v) is 8.19. The molecule has 1 amide bonds. The van der Waals surface area contributed by atoms with Gasteiger partial charge in [0.25, 0.3) is 5.91 Å². The van der Waals surface area contributed by atoms with Crippen LogP contribution in [0, 0.1) is 0 Å². The lowest BCUT2D eigenvalue weighted by atomic mass is 10.1. The highest BCUT2D eigenvalue weighted by Crippen LogP contribution is 2.42. The number of rotatable bonds is 6. The van der Waals surface area contributed by atoms with Crippen molar-refractivity contribution < 1.29 is 14.3 Å². The predicted octanol–water partition coefficient (Wildman–Crippen LogP) is 5.95. The Morgan fingerprint density at radius 1 is 1.06 bits per heavy atom. The fourth-order valence-corrected chi connectivity index (χ4v) is 4.52. The average Bonchev–Trinajstić information content (AvgIpc) is 3.24. The van der Waals surface area contributed by atoms with Crippen LogP contribution in [0.1, 0.15) is 6.92 Å². The van der Waals surface area contributed by atoms with E-state index in [0.29, 0.717) is 18.0 Å². The molecule has 0 saturated heterocycles. The Morgan fingerprint density at radius 2 is 1.88 bits per heavy atom. The molecule has 0 radical (unpaired) electrons. The maximum Gasteiger partial charge on any atom is 0.262 e. The van der Waals surface area contributed by atoms with Gasteiger partial charge in [0, 0.05) is 11.3 Å². The highest BCUT2D eigenvalue weighted by Gasteiger charge is 2.20. The van der Waals surface area contributed by atoms with Gasteiger partial charge in [0.1, 0.15) is 11.5 Å². The summed E-state index contributed by atoms with van der Waals surface area (Å²) in [5.41, 5.74) is 4.42. The van der Waals surface area contributed by atoms with E-state index in [1.165, 1.54) is 0 Å². The number of hydrogen-bond acceptors (Lipinski definition) is 6. The van der Waals surface area contributed by atoms with Crippen LogP contribution in [0.4, 0.5) is 16.5 Å². The van der Waals surface area contributed by atoms with Crippen molar-refractivity contribution in [1.29, 1.82) is 0 Å². The predicted molar refractivity (Wildman–Crippen MR) is 128 cm³/mol. The van der Waals surface area contributed by atoms with E-state index < -0.39 is 0 Å². The van der Waals surface area contributed by atoms with Crippen LogP contribution in [-0.2, 0) is 4.79 Å². The smallest absolute Gasteiger partial charge is 0.262 e. The minimum Gasteiger partial charge on any atom is -0.494 e. The number of aromatic nitrogens is 1. The second-order valence-electron chi connectivity index (χ2n) is 7.19. The molecular weight excluding hydrogens is 422 g/mol. The summed E-state index contributed by atoms with van der Waals surface area (Å²) in [6.07, 6.45) is 0. The maximum atomic E-state index is 11.8. The highest BCUT2D eigenvalue weighted by atomic mass is 32.1. The van der Waals surface area contributed by atoms with Crippen molar-refractivity contribution in [1.82, 2.24) is 4.98 Å². The lowest BCUT2D eigenvalue weighted by molar-refractivity contribution is -0.118. The molecule has 0 spiro atoms.